The minimum Gasteiger partial charge on any atom is -0.368 e. The SMILES string of the molecule is C#Cc1cc(-c2cccc(C#N)c2C)nc(N)n1. The molecule has 0 unspecified atom stereocenters. The minimum atomic E-state index is 0.127. The summed E-state index contributed by atoms with van der Waals surface area (Å²) in [4.78, 5) is 8.07. The van der Waals surface area contributed by atoms with Gasteiger partial charge in [-0.15, -0.1) is 6.42 Å². The molecule has 0 bridgehead atoms. The second-order valence-electron chi connectivity index (χ2n) is 3.73. The largest absolute Gasteiger partial charge is 0.368 e. The molecular weight excluding hydrogens is 224 g/mol. The second-order valence-corrected chi connectivity index (χ2v) is 3.73. The highest BCUT2D eigenvalue weighted by Gasteiger charge is 2.09. The maximum atomic E-state index is 9.01. The second kappa shape index (κ2) is 4.57. The van der Waals surface area contributed by atoms with Crippen LogP contribution in [0, 0.1) is 30.6 Å². The van der Waals surface area contributed by atoms with Crippen LogP contribution >= 0.6 is 0 Å². The topological polar surface area (TPSA) is 75.6 Å². The summed E-state index contributed by atoms with van der Waals surface area (Å²) in [5, 5.41) is 9.01. The number of rotatable bonds is 1. The van der Waals surface area contributed by atoms with Crippen LogP contribution in [0.2, 0.25) is 0 Å². The molecule has 86 valence electrons. The average molecular weight is 234 g/mol. The Kier molecular flexibility index (Phi) is 2.95. The molecule has 2 N–H and O–H groups in total. The molecule has 4 heteroatoms. The van der Waals surface area contributed by atoms with Gasteiger partial charge in [0.05, 0.1) is 17.3 Å². The molecule has 0 aliphatic carbocycles. The summed E-state index contributed by atoms with van der Waals surface area (Å²) >= 11 is 0. The van der Waals surface area contributed by atoms with E-state index in [-0.39, 0.29) is 5.95 Å². The van der Waals surface area contributed by atoms with Crippen LogP contribution < -0.4 is 5.73 Å². The zero-order chi connectivity index (χ0) is 13.1. The predicted molar refractivity (Wildman–Crippen MR) is 69.3 cm³/mol. The summed E-state index contributed by atoms with van der Waals surface area (Å²) in [6.45, 7) is 1.86. The van der Waals surface area contributed by atoms with Gasteiger partial charge < -0.3 is 5.73 Å². The van der Waals surface area contributed by atoms with Gasteiger partial charge >= 0.3 is 0 Å². The maximum absolute atomic E-state index is 9.01. The van der Waals surface area contributed by atoms with Gasteiger partial charge in [0.25, 0.3) is 0 Å². The molecule has 0 saturated heterocycles. The number of aromatic nitrogens is 2. The molecule has 0 atom stereocenters. The van der Waals surface area contributed by atoms with Crippen LogP contribution in [-0.4, -0.2) is 9.97 Å². The van der Waals surface area contributed by atoms with Crippen molar-refractivity contribution in [3.8, 4) is 29.7 Å². The summed E-state index contributed by atoms with van der Waals surface area (Å²) in [6.07, 6.45) is 5.31. The molecule has 0 aliphatic heterocycles. The molecule has 0 fully saturated rings. The number of anilines is 1. The van der Waals surface area contributed by atoms with Crippen LogP contribution in [0.25, 0.3) is 11.3 Å². The highest BCUT2D eigenvalue weighted by Crippen LogP contribution is 2.24. The van der Waals surface area contributed by atoms with Crippen molar-refractivity contribution >= 4 is 5.95 Å². The van der Waals surface area contributed by atoms with Crippen molar-refractivity contribution in [2.45, 2.75) is 6.92 Å². The summed E-state index contributed by atoms with van der Waals surface area (Å²) in [7, 11) is 0. The van der Waals surface area contributed by atoms with Crippen LogP contribution in [0.5, 0.6) is 0 Å². The number of nitrogen functional groups attached to an aromatic ring is 1. The van der Waals surface area contributed by atoms with E-state index in [9.17, 15) is 0 Å². The zero-order valence-corrected chi connectivity index (χ0v) is 9.81. The first kappa shape index (κ1) is 11.6. The van der Waals surface area contributed by atoms with Crippen LogP contribution in [0.1, 0.15) is 16.8 Å². The number of hydrogen-bond acceptors (Lipinski definition) is 4. The van der Waals surface area contributed by atoms with Crippen LogP contribution in [-0.2, 0) is 0 Å². The fourth-order valence-electron chi connectivity index (χ4n) is 1.71. The first-order valence-electron chi connectivity index (χ1n) is 5.27. The Labute approximate surface area is 105 Å². The number of benzene rings is 1. The lowest BCUT2D eigenvalue weighted by Crippen LogP contribution is -2.00. The van der Waals surface area contributed by atoms with E-state index in [1.165, 1.54) is 0 Å². The van der Waals surface area contributed by atoms with Crippen molar-refractivity contribution < 1.29 is 0 Å². The Morgan fingerprint density at radius 3 is 2.78 bits per heavy atom. The third-order valence-electron chi connectivity index (χ3n) is 2.62. The number of terminal acetylenes is 1. The lowest BCUT2D eigenvalue weighted by atomic mass is 10.0. The van der Waals surface area contributed by atoms with Gasteiger partial charge in [0.2, 0.25) is 5.95 Å². The van der Waals surface area contributed by atoms with Crippen molar-refractivity contribution in [1.82, 2.24) is 9.97 Å². The summed E-state index contributed by atoms with van der Waals surface area (Å²) < 4.78 is 0. The fraction of sp³-hybridized carbons (Fsp3) is 0.0714. The van der Waals surface area contributed by atoms with Crippen LogP contribution in [0.3, 0.4) is 0 Å². The molecule has 0 saturated carbocycles. The van der Waals surface area contributed by atoms with Crippen molar-refractivity contribution in [1.29, 1.82) is 5.26 Å². The number of nitrogens with zero attached hydrogens (tertiary/aromatic N) is 3. The average Bonchev–Trinajstić information content (AvgIpc) is 2.38. The Bertz CT molecular complexity index is 690. The van der Waals surface area contributed by atoms with Gasteiger partial charge in [0, 0.05) is 5.56 Å². The van der Waals surface area contributed by atoms with Gasteiger partial charge in [-0.25, -0.2) is 9.97 Å². The van der Waals surface area contributed by atoms with Gasteiger partial charge in [-0.1, -0.05) is 18.1 Å². The molecule has 2 aromatic rings. The van der Waals surface area contributed by atoms with E-state index in [1.54, 1.807) is 18.2 Å². The summed E-state index contributed by atoms with van der Waals surface area (Å²) in [5.74, 6) is 2.56. The molecule has 0 radical (unpaired) electrons. The molecule has 0 aliphatic rings. The number of nitriles is 1. The lowest BCUT2D eigenvalue weighted by molar-refractivity contribution is 1.16. The van der Waals surface area contributed by atoms with E-state index in [2.05, 4.69) is 22.0 Å². The lowest BCUT2D eigenvalue weighted by Gasteiger charge is -2.07. The van der Waals surface area contributed by atoms with E-state index in [0.29, 0.717) is 17.0 Å². The third-order valence-corrected chi connectivity index (χ3v) is 2.62. The molecular formula is C14H10N4. The van der Waals surface area contributed by atoms with Gasteiger partial charge in [0.1, 0.15) is 5.69 Å². The molecule has 18 heavy (non-hydrogen) atoms. The Hall–Kier alpha value is -2.85. The highest BCUT2D eigenvalue weighted by atomic mass is 15.0. The van der Waals surface area contributed by atoms with E-state index in [1.807, 2.05) is 13.0 Å². The normalized spacial score (nSPS) is 9.50. The summed E-state index contributed by atoms with van der Waals surface area (Å²) in [5.41, 5.74) is 8.95. The molecule has 4 nitrogen and oxygen atoms in total. The summed E-state index contributed by atoms with van der Waals surface area (Å²) in [6, 6.07) is 9.24. The standard InChI is InChI=1S/C14H10N4/c1-3-11-7-13(18-14(16)17-11)12-6-4-5-10(8-15)9(12)2/h1,4-7H,2H3,(H2,16,17,18). The molecule has 0 spiro atoms. The zero-order valence-electron chi connectivity index (χ0n) is 9.81. The van der Waals surface area contributed by atoms with E-state index in [0.717, 1.165) is 11.1 Å². The monoisotopic (exact) mass is 234 g/mol. The Balaban J connectivity index is 2.67. The smallest absolute Gasteiger partial charge is 0.221 e. The van der Waals surface area contributed by atoms with Crippen molar-refractivity contribution in [3.63, 3.8) is 0 Å². The van der Waals surface area contributed by atoms with Crippen molar-refractivity contribution in [2.24, 2.45) is 0 Å². The first-order valence-corrected chi connectivity index (χ1v) is 5.27. The number of nitrogens with two attached hydrogens (primary N) is 1. The molecule has 1 aromatic heterocycles. The van der Waals surface area contributed by atoms with Crippen LogP contribution in [0.15, 0.2) is 24.3 Å². The molecule has 0 amide bonds. The fourth-order valence-corrected chi connectivity index (χ4v) is 1.71. The third kappa shape index (κ3) is 2.00. The van der Waals surface area contributed by atoms with Gasteiger partial charge in [-0.2, -0.15) is 5.26 Å². The maximum Gasteiger partial charge on any atom is 0.221 e. The van der Waals surface area contributed by atoms with Crippen LogP contribution in [0.4, 0.5) is 5.95 Å². The van der Waals surface area contributed by atoms with E-state index >= 15 is 0 Å². The van der Waals surface area contributed by atoms with E-state index < -0.39 is 0 Å². The highest BCUT2D eigenvalue weighted by molar-refractivity contribution is 5.68. The van der Waals surface area contributed by atoms with Crippen molar-refractivity contribution in [2.75, 3.05) is 5.73 Å². The predicted octanol–water partition coefficient (Wildman–Crippen LogP) is 1.89. The van der Waals surface area contributed by atoms with Gasteiger partial charge in [-0.05, 0) is 24.6 Å². The Morgan fingerprint density at radius 1 is 1.33 bits per heavy atom. The minimum absolute atomic E-state index is 0.127. The van der Waals surface area contributed by atoms with Gasteiger partial charge in [0.15, 0.2) is 0 Å². The molecule has 1 aromatic carbocycles. The quantitative estimate of drug-likeness (QED) is 0.764. The number of hydrogen-bond donors (Lipinski definition) is 1. The van der Waals surface area contributed by atoms with Gasteiger partial charge in [-0.3, -0.25) is 0 Å². The Morgan fingerprint density at radius 2 is 2.11 bits per heavy atom. The van der Waals surface area contributed by atoms with Crippen molar-refractivity contribution in [3.05, 3.63) is 41.1 Å². The molecule has 1 heterocycles. The van der Waals surface area contributed by atoms with E-state index in [4.69, 9.17) is 17.4 Å². The first-order chi connectivity index (χ1) is 8.65. The molecule has 2 rings (SSSR count).